The SMILES string of the molecule is CCOc1c[nH]c2cc([N+](=O)[O-])ccc12. The number of nitrogens with one attached hydrogen (secondary N) is 1. The van der Waals surface area contributed by atoms with Crippen molar-refractivity contribution in [1.82, 2.24) is 4.98 Å². The number of non-ortho nitro benzene ring substituents is 1. The maximum absolute atomic E-state index is 10.5. The van der Waals surface area contributed by atoms with Gasteiger partial charge in [-0.3, -0.25) is 10.1 Å². The van der Waals surface area contributed by atoms with Gasteiger partial charge in [-0.25, -0.2) is 0 Å². The molecule has 0 atom stereocenters. The van der Waals surface area contributed by atoms with Gasteiger partial charge in [0.1, 0.15) is 5.75 Å². The second kappa shape index (κ2) is 3.61. The van der Waals surface area contributed by atoms with Gasteiger partial charge in [0, 0.05) is 23.7 Å². The predicted molar refractivity (Wildman–Crippen MR) is 56.1 cm³/mol. The maximum Gasteiger partial charge on any atom is 0.271 e. The lowest BCUT2D eigenvalue weighted by atomic mass is 10.2. The van der Waals surface area contributed by atoms with Crippen LogP contribution in [0.4, 0.5) is 5.69 Å². The highest BCUT2D eigenvalue weighted by molar-refractivity contribution is 5.87. The van der Waals surface area contributed by atoms with Crippen molar-refractivity contribution in [2.45, 2.75) is 6.92 Å². The van der Waals surface area contributed by atoms with Crippen LogP contribution < -0.4 is 4.74 Å². The zero-order valence-electron chi connectivity index (χ0n) is 8.19. The summed E-state index contributed by atoms with van der Waals surface area (Å²) in [5.74, 6) is 0.724. The maximum atomic E-state index is 10.5. The first-order valence-corrected chi connectivity index (χ1v) is 4.60. The number of aromatic nitrogens is 1. The number of rotatable bonds is 3. The molecule has 0 saturated heterocycles. The van der Waals surface area contributed by atoms with Crippen molar-refractivity contribution in [3.63, 3.8) is 0 Å². The summed E-state index contributed by atoms with van der Waals surface area (Å²) in [6.45, 7) is 2.47. The van der Waals surface area contributed by atoms with E-state index in [1.165, 1.54) is 12.1 Å². The van der Waals surface area contributed by atoms with Crippen molar-refractivity contribution in [2.24, 2.45) is 0 Å². The van der Waals surface area contributed by atoms with E-state index in [1.807, 2.05) is 6.92 Å². The third-order valence-electron chi connectivity index (χ3n) is 2.14. The van der Waals surface area contributed by atoms with Gasteiger partial charge in [0.05, 0.1) is 17.0 Å². The van der Waals surface area contributed by atoms with E-state index in [0.29, 0.717) is 12.1 Å². The molecule has 1 heterocycles. The van der Waals surface area contributed by atoms with Crippen LogP contribution >= 0.6 is 0 Å². The van der Waals surface area contributed by atoms with Crippen molar-refractivity contribution in [2.75, 3.05) is 6.61 Å². The van der Waals surface area contributed by atoms with Crippen LogP contribution in [0.25, 0.3) is 10.9 Å². The molecule has 2 rings (SSSR count). The molecule has 0 aliphatic heterocycles. The highest BCUT2D eigenvalue weighted by atomic mass is 16.6. The minimum absolute atomic E-state index is 0.0763. The highest BCUT2D eigenvalue weighted by Crippen LogP contribution is 2.28. The third kappa shape index (κ3) is 1.63. The number of aromatic amines is 1. The van der Waals surface area contributed by atoms with E-state index >= 15 is 0 Å². The fraction of sp³-hybridized carbons (Fsp3) is 0.200. The van der Waals surface area contributed by atoms with Gasteiger partial charge < -0.3 is 9.72 Å². The number of hydrogen-bond acceptors (Lipinski definition) is 3. The van der Waals surface area contributed by atoms with E-state index < -0.39 is 4.92 Å². The summed E-state index contributed by atoms with van der Waals surface area (Å²) in [5, 5.41) is 11.4. The van der Waals surface area contributed by atoms with Gasteiger partial charge in [-0.1, -0.05) is 0 Å². The second-order valence-corrected chi connectivity index (χ2v) is 3.07. The monoisotopic (exact) mass is 206 g/mol. The Kier molecular flexibility index (Phi) is 2.29. The lowest BCUT2D eigenvalue weighted by Crippen LogP contribution is -1.90. The Morgan fingerprint density at radius 1 is 1.53 bits per heavy atom. The van der Waals surface area contributed by atoms with E-state index in [1.54, 1.807) is 12.3 Å². The Morgan fingerprint density at radius 3 is 3.00 bits per heavy atom. The van der Waals surface area contributed by atoms with Crippen LogP contribution in [0.15, 0.2) is 24.4 Å². The summed E-state index contributed by atoms with van der Waals surface area (Å²) in [7, 11) is 0. The molecule has 1 aromatic heterocycles. The van der Waals surface area contributed by atoms with Crippen molar-refractivity contribution < 1.29 is 9.66 Å². The molecule has 78 valence electrons. The molecule has 0 bridgehead atoms. The van der Waals surface area contributed by atoms with Crippen molar-refractivity contribution in [1.29, 1.82) is 0 Å². The van der Waals surface area contributed by atoms with Crippen LogP contribution in [0.5, 0.6) is 5.75 Å². The Labute approximate surface area is 85.8 Å². The Hall–Kier alpha value is -2.04. The Balaban J connectivity index is 2.51. The molecule has 5 heteroatoms. The zero-order valence-corrected chi connectivity index (χ0v) is 8.19. The average molecular weight is 206 g/mol. The van der Waals surface area contributed by atoms with Gasteiger partial charge in [0.2, 0.25) is 0 Å². The van der Waals surface area contributed by atoms with E-state index in [0.717, 1.165) is 11.1 Å². The van der Waals surface area contributed by atoms with Gasteiger partial charge in [0.15, 0.2) is 0 Å². The molecule has 1 N–H and O–H groups in total. The number of benzene rings is 1. The molecular weight excluding hydrogens is 196 g/mol. The molecule has 0 radical (unpaired) electrons. The quantitative estimate of drug-likeness (QED) is 0.619. The molecule has 0 spiro atoms. The normalized spacial score (nSPS) is 10.5. The fourth-order valence-electron chi connectivity index (χ4n) is 1.48. The molecule has 0 saturated carbocycles. The van der Waals surface area contributed by atoms with Crippen LogP contribution in [0.1, 0.15) is 6.92 Å². The minimum Gasteiger partial charge on any atom is -0.492 e. The van der Waals surface area contributed by atoms with E-state index in [-0.39, 0.29) is 5.69 Å². The standard InChI is InChI=1S/C10H10N2O3/c1-2-15-10-6-11-9-5-7(12(13)14)3-4-8(9)10/h3-6,11H,2H2,1H3. The van der Waals surface area contributed by atoms with Crippen LogP contribution in [0.2, 0.25) is 0 Å². The van der Waals surface area contributed by atoms with Gasteiger partial charge in [0.25, 0.3) is 5.69 Å². The summed E-state index contributed by atoms with van der Waals surface area (Å²) < 4.78 is 5.36. The smallest absolute Gasteiger partial charge is 0.271 e. The van der Waals surface area contributed by atoms with E-state index in [9.17, 15) is 10.1 Å². The molecule has 2 aromatic rings. The van der Waals surface area contributed by atoms with Gasteiger partial charge in [-0.2, -0.15) is 0 Å². The number of nitro benzene ring substituents is 1. The van der Waals surface area contributed by atoms with Crippen molar-refractivity contribution >= 4 is 16.6 Å². The topological polar surface area (TPSA) is 68.2 Å². The molecule has 0 fully saturated rings. The first-order valence-electron chi connectivity index (χ1n) is 4.60. The van der Waals surface area contributed by atoms with Gasteiger partial charge >= 0.3 is 0 Å². The molecular formula is C10H10N2O3. The molecule has 0 amide bonds. The fourth-order valence-corrected chi connectivity index (χ4v) is 1.48. The molecule has 0 aliphatic carbocycles. The number of H-pyrrole nitrogens is 1. The highest BCUT2D eigenvalue weighted by Gasteiger charge is 2.09. The number of nitro groups is 1. The number of hydrogen-bond donors (Lipinski definition) is 1. The van der Waals surface area contributed by atoms with Crippen LogP contribution in [-0.2, 0) is 0 Å². The van der Waals surface area contributed by atoms with Crippen LogP contribution in [0, 0.1) is 10.1 Å². The summed E-state index contributed by atoms with van der Waals surface area (Å²) in [5.41, 5.74) is 0.792. The largest absolute Gasteiger partial charge is 0.492 e. The average Bonchev–Trinajstić information content (AvgIpc) is 2.61. The number of fused-ring (bicyclic) bond motifs is 1. The van der Waals surface area contributed by atoms with E-state index in [4.69, 9.17) is 4.74 Å². The molecule has 5 nitrogen and oxygen atoms in total. The summed E-state index contributed by atoms with van der Waals surface area (Å²) in [4.78, 5) is 13.1. The first kappa shape index (κ1) is 9.51. The lowest BCUT2D eigenvalue weighted by molar-refractivity contribution is -0.384. The molecule has 15 heavy (non-hydrogen) atoms. The Bertz CT molecular complexity index is 504. The van der Waals surface area contributed by atoms with Gasteiger partial charge in [-0.05, 0) is 13.0 Å². The number of nitrogens with zero attached hydrogens (tertiary/aromatic N) is 1. The molecule has 0 aliphatic rings. The van der Waals surface area contributed by atoms with E-state index in [2.05, 4.69) is 4.98 Å². The summed E-state index contributed by atoms with van der Waals surface area (Å²) >= 11 is 0. The van der Waals surface area contributed by atoms with Crippen LogP contribution in [0.3, 0.4) is 0 Å². The summed E-state index contributed by atoms with van der Waals surface area (Å²) in [6, 6.07) is 4.66. The second-order valence-electron chi connectivity index (χ2n) is 3.07. The lowest BCUT2D eigenvalue weighted by Gasteiger charge is -1.99. The minimum atomic E-state index is -0.416. The summed E-state index contributed by atoms with van der Waals surface area (Å²) in [6.07, 6.45) is 1.71. The van der Waals surface area contributed by atoms with Gasteiger partial charge in [-0.15, -0.1) is 0 Å². The predicted octanol–water partition coefficient (Wildman–Crippen LogP) is 2.47. The third-order valence-corrected chi connectivity index (χ3v) is 2.14. The number of ether oxygens (including phenoxy) is 1. The zero-order chi connectivity index (χ0) is 10.8. The Morgan fingerprint density at radius 2 is 2.33 bits per heavy atom. The van der Waals surface area contributed by atoms with Crippen molar-refractivity contribution in [3.8, 4) is 5.75 Å². The van der Waals surface area contributed by atoms with Crippen molar-refractivity contribution in [3.05, 3.63) is 34.5 Å². The first-order chi connectivity index (χ1) is 7.22. The van der Waals surface area contributed by atoms with Crippen LogP contribution in [-0.4, -0.2) is 16.5 Å². The molecule has 1 aromatic carbocycles. The molecule has 0 unspecified atom stereocenters.